The third-order valence-electron chi connectivity index (χ3n) is 4.73. The van der Waals surface area contributed by atoms with E-state index in [1.165, 1.54) is 11.2 Å². The number of carbonyl (C=O) groups excluding carboxylic acids is 1. The number of carbonyl (C=O) groups is 1. The van der Waals surface area contributed by atoms with Gasteiger partial charge >= 0.3 is 12.4 Å². The maximum Gasteiger partial charge on any atom is 0.449 e. The zero-order valence-electron chi connectivity index (χ0n) is 16.0. The van der Waals surface area contributed by atoms with Crippen LogP contribution in [0.25, 0.3) is 0 Å². The topological polar surface area (TPSA) is 84.0 Å². The number of benzene rings is 1. The Morgan fingerprint density at radius 3 is 2.34 bits per heavy atom. The summed E-state index contributed by atoms with van der Waals surface area (Å²) >= 11 is 0. The predicted octanol–water partition coefficient (Wildman–Crippen LogP) is 4.23. The molecule has 168 valence electrons. The van der Waals surface area contributed by atoms with E-state index in [1.807, 2.05) is 4.98 Å². The SMILES string of the molecule is O=C(c1cnc(C(F)(F)F)[nH]1)N1CCc2c(ncnc2Oc2ccc(C(F)(F)F)cc2)C1. The summed E-state index contributed by atoms with van der Waals surface area (Å²) in [5.74, 6) is -1.69. The van der Waals surface area contributed by atoms with Crippen molar-refractivity contribution in [3.8, 4) is 11.6 Å². The number of nitrogens with one attached hydrogen (secondary N) is 1. The van der Waals surface area contributed by atoms with Gasteiger partial charge in [-0.25, -0.2) is 15.0 Å². The van der Waals surface area contributed by atoms with Crippen molar-refractivity contribution in [1.29, 1.82) is 0 Å². The molecule has 1 aliphatic heterocycles. The molecule has 1 N–H and O–H groups in total. The van der Waals surface area contributed by atoms with Gasteiger partial charge in [0.25, 0.3) is 5.91 Å². The average Bonchev–Trinajstić information content (AvgIpc) is 3.24. The molecular weight excluding hydrogens is 444 g/mol. The molecule has 0 atom stereocenters. The first-order valence-electron chi connectivity index (χ1n) is 9.11. The summed E-state index contributed by atoms with van der Waals surface area (Å²) < 4.78 is 81.8. The van der Waals surface area contributed by atoms with Gasteiger partial charge in [-0.2, -0.15) is 26.3 Å². The van der Waals surface area contributed by atoms with Gasteiger partial charge < -0.3 is 14.6 Å². The Morgan fingerprint density at radius 1 is 1.00 bits per heavy atom. The summed E-state index contributed by atoms with van der Waals surface area (Å²) in [6.07, 6.45) is -6.95. The summed E-state index contributed by atoms with van der Waals surface area (Å²) in [5.41, 5.74) is -0.165. The molecule has 0 unspecified atom stereocenters. The van der Waals surface area contributed by atoms with Crippen LogP contribution in [0.15, 0.2) is 36.8 Å². The standard InChI is InChI=1S/C19H13F6N5O2/c20-18(21,22)10-1-3-11(4-2-10)32-15-12-5-6-30(8-14(12)27-9-28-15)16(31)13-7-26-17(29-13)19(23,24)25/h1-4,7,9H,5-6,8H2,(H,26,29). The zero-order chi connectivity index (χ0) is 23.1. The molecule has 13 heteroatoms. The van der Waals surface area contributed by atoms with Crippen molar-refractivity contribution in [3.05, 3.63) is 65.1 Å². The van der Waals surface area contributed by atoms with E-state index >= 15 is 0 Å². The van der Waals surface area contributed by atoms with E-state index in [-0.39, 0.29) is 36.8 Å². The van der Waals surface area contributed by atoms with E-state index in [9.17, 15) is 31.1 Å². The number of nitrogens with zero attached hydrogens (tertiary/aromatic N) is 4. The molecule has 3 aromatic rings. The Labute approximate surface area is 176 Å². The summed E-state index contributed by atoms with van der Waals surface area (Å²) in [5, 5.41) is 0. The first kappa shape index (κ1) is 21.6. The van der Waals surface area contributed by atoms with Gasteiger partial charge in [-0.05, 0) is 30.7 Å². The van der Waals surface area contributed by atoms with Gasteiger partial charge in [-0.1, -0.05) is 0 Å². The number of H-pyrrole nitrogens is 1. The number of ether oxygens (including phenoxy) is 1. The molecule has 0 spiro atoms. The van der Waals surface area contributed by atoms with Gasteiger partial charge in [-0.3, -0.25) is 4.79 Å². The second kappa shape index (κ2) is 7.80. The molecule has 0 fully saturated rings. The van der Waals surface area contributed by atoms with Crippen LogP contribution < -0.4 is 4.74 Å². The van der Waals surface area contributed by atoms with Crippen LogP contribution in [0.5, 0.6) is 11.6 Å². The highest BCUT2D eigenvalue weighted by Crippen LogP contribution is 2.33. The van der Waals surface area contributed by atoms with Crippen LogP contribution in [0.4, 0.5) is 26.3 Å². The van der Waals surface area contributed by atoms with Crippen molar-refractivity contribution in [3.63, 3.8) is 0 Å². The lowest BCUT2D eigenvalue weighted by atomic mass is 10.1. The van der Waals surface area contributed by atoms with E-state index in [1.54, 1.807) is 0 Å². The quantitative estimate of drug-likeness (QED) is 0.596. The van der Waals surface area contributed by atoms with E-state index in [2.05, 4.69) is 15.0 Å². The number of amides is 1. The maximum atomic E-state index is 12.7. The fourth-order valence-corrected chi connectivity index (χ4v) is 3.15. The van der Waals surface area contributed by atoms with Gasteiger partial charge in [0.2, 0.25) is 11.7 Å². The van der Waals surface area contributed by atoms with E-state index < -0.39 is 29.6 Å². The Kier molecular flexibility index (Phi) is 5.26. The Bertz CT molecular complexity index is 1140. The number of aromatic nitrogens is 4. The molecule has 0 aliphatic carbocycles. The lowest BCUT2D eigenvalue weighted by Crippen LogP contribution is -2.37. The summed E-state index contributed by atoms with van der Waals surface area (Å²) in [6.45, 7) is 0.128. The molecule has 3 heterocycles. The van der Waals surface area contributed by atoms with Crippen molar-refractivity contribution in [2.45, 2.75) is 25.3 Å². The molecular formula is C19H13F6N5O2. The molecule has 0 bridgehead atoms. The third-order valence-corrected chi connectivity index (χ3v) is 4.73. The molecule has 1 aromatic carbocycles. The monoisotopic (exact) mass is 457 g/mol. The lowest BCUT2D eigenvalue weighted by molar-refractivity contribution is -0.144. The van der Waals surface area contributed by atoms with Gasteiger partial charge in [0.05, 0.1) is 24.0 Å². The third kappa shape index (κ3) is 4.36. The number of halogens is 6. The van der Waals surface area contributed by atoms with Crippen molar-refractivity contribution < 1.29 is 35.9 Å². The highest BCUT2D eigenvalue weighted by Gasteiger charge is 2.36. The smallest absolute Gasteiger partial charge is 0.439 e. The van der Waals surface area contributed by atoms with Crippen LogP contribution in [-0.2, 0) is 25.3 Å². The molecule has 0 radical (unpaired) electrons. The first-order valence-corrected chi connectivity index (χ1v) is 9.11. The number of hydrogen-bond donors (Lipinski definition) is 1. The molecule has 32 heavy (non-hydrogen) atoms. The van der Waals surface area contributed by atoms with Crippen LogP contribution in [0.1, 0.15) is 33.1 Å². The van der Waals surface area contributed by atoms with Gasteiger partial charge in [-0.15, -0.1) is 0 Å². The first-order chi connectivity index (χ1) is 15.0. The van der Waals surface area contributed by atoms with Crippen LogP contribution >= 0.6 is 0 Å². The fourth-order valence-electron chi connectivity index (χ4n) is 3.15. The number of alkyl halides is 6. The molecule has 1 amide bonds. The molecule has 1 aliphatic rings. The largest absolute Gasteiger partial charge is 0.449 e. The highest BCUT2D eigenvalue weighted by atomic mass is 19.4. The van der Waals surface area contributed by atoms with Crippen molar-refractivity contribution in [2.75, 3.05) is 6.54 Å². The number of imidazole rings is 1. The fraction of sp³-hybridized carbons (Fsp3) is 0.263. The Balaban J connectivity index is 1.50. The van der Waals surface area contributed by atoms with Crippen molar-refractivity contribution in [1.82, 2.24) is 24.8 Å². The maximum absolute atomic E-state index is 12.7. The van der Waals surface area contributed by atoms with Gasteiger partial charge in [0.1, 0.15) is 17.8 Å². The van der Waals surface area contributed by atoms with E-state index in [0.29, 0.717) is 11.3 Å². The average molecular weight is 457 g/mol. The lowest BCUT2D eigenvalue weighted by Gasteiger charge is -2.28. The summed E-state index contributed by atoms with van der Waals surface area (Å²) in [4.78, 5) is 27.1. The second-order valence-electron chi connectivity index (χ2n) is 6.85. The minimum absolute atomic E-state index is 0.0135. The number of aromatic amines is 1. The van der Waals surface area contributed by atoms with E-state index in [0.717, 1.165) is 30.5 Å². The highest BCUT2D eigenvalue weighted by molar-refractivity contribution is 5.92. The Hall–Kier alpha value is -3.64. The minimum Gasteiger partial charge on any atom is -0.439 e. The van der Waals surface area contributed by atoms with Gasteiger partial charge in [0, 0.05) is 12.1 Å². The van der Waals surface area contributed by atoms with Crippen molar-refractivity contribution >= 4 is 5.91 Å². The van der Waals surface area contributed by atoms with Crippen LogP contribution in [0, 0.1) is 0 Å². The minimum atomic E-state index is -4.70. The van der Waals surface area contributed by atoms with E-state index in [4.69, 9.17) is 4.74 Å². The van der Waals surface area contributed by atoms with Crippen LogP contribution in [0.2, 0.25) is 0 Å². The molecule has 4 rings (SSSR count). The van der Waals surface area contributed by atoms with Crippen LogP contribution in [-0.4, -0.2) is 37.3 Å². The number of fused-ring (bicyclic) bond motifs is 1. The zero-order valence-corrected chi connectivity index (χ0v) is 16.0. The predicted molar refractivity (Wildman–Crippen MR) is 95.6 cm³/mol. The van der Waals surface area contributed by atoms with Crippen LogP contribution in [0.3, 0.4) is 0 Å². The second-order valence-corrected chi connectivity index (χ2v) is 6.85. The molecule has 0 saturated heterocycles. The van der Waals surface area contributed by atoms with Crippen molar-refractivity contribution in [2.24, 2.45) is 0 Å². The summed E-state index contributed by atoms with van der Waals surface area (Å²) in [6, 6.07) is 4.07. The summed E-state index contributed by atoms with van der Waals surface area (Å²) in [7, 11) is 0. The molecule has 0 saturated carbocycles. The normalized spacial score (nSPS) is 14.2. The number of hydrogen-bond acceptors (Lipinski definition) is 5. The molecule has 2 aromatic heterocycles. The van der Waals surface area contributed by atoms with Gasteiger partial charge in [0.15, 0.2) is 0 Å². The number of rotatable bonds is 3. The Morgan fingerprint density at radius 2 is 1.72 bits per heavy atom. The molecule has 7 nitrogen and oxygen atoms in total.